The van der Waals surface area contributed by atoms with Gasteiger partial charge in [0, 0.05) is 18.8 Å². The van der Waals surface area contributed by atoms with Crippen LogP contribution in [0.2, 0.25) is 0 Å². The van der Waals surface area contributed by atoms with Crippen LogP contribution in [-0.4, -0.2) is 24.3 Å². The van der Waals surface area contributed by atoms with Crippen LogP contribution in [0.25, 0.3) is 0 Å². The monoisotopic (exact) mass is 590 g/mol. The molecular formula is C32H35BrN2O2S. The first-order valence-corrected chi connectivity index (χ1v) is 13.4. The van der Waals surface area contributed by atoms with Crippen LogP contribution in [0.4, 0.5) is 5.69 Å². The number of amidine groups is 1. The first-order valence-electron chi connectivity index (χ1n) is 12.4. The van der Waals surface area contributed by atoms with Crippen molar-refractivity contribution in [1.82, 2.24) is 4.90 Å². The number of halogens is 1. The number of aliphatic imine (C=N–C) groups is 1. The number of methoxy groups -OCH3 is 2. The molecule has 0 saturated carbocycles. The molecule has 0 fully saturated rings. The molecule has 0 bridgehead atoms. The number of rotatable bonds is 9. The third-order valence-electron chi connectivity index (χ3n) is 6.26. The Bertz CT molecular complexity index is 1260. The molecule has 0 aliphatic rings. The number of hydrogen-bond donors (Lipinski definition) is 0. The first-order chi connectivity index (χ1) is 18.0. The normalized spacial score (nSPS) is 11.0. The van der Waals surface area contributed by atoms with Gasteiger partial charge in [0.1, 0.15) is 11.5 Å². The minimum atomic E-state index is 0. The second-order valence-corrected chi connectivity index (χ2v) is 9.93. The molecule has 0 unspecified atom stereocenters. The van der Waals surface area contributed by atoms with E-state index in [1.165, 1.54) is 27.8 Å². The van der Waals surface area contributed by atoms with Crippen LogP contribution < -0.4 is 9.47 Å². The second-order valence-electron chi connectivity index (χ2n) is 8.99. The van der Waals surface area contributed by atoms with E-state index in [0.717, 1.165) is 41.2 Å². The molecule has 0 aromatic heterocycles. The van der Waals surface area contributed by atoms with Gasteiger partial charge in [0.15, 0.2) is 5.17 Å². The van der Waals surface area contributed by atoms with Crippen LogP contribution >= 0.6 is 28.7 Å². The Morgan fingerprint density at radius 3 is 1.74 bits per heavy atom. The van der Waals surface area contributed by atoms with Crippen molar-refractivity contribution in [2.75, 3.05) is 14.2 Å². The van der Waals surface area contributed by atoms with Gasteiger partial charge in [0.2, 0.25) is 0 Å². The number of benzene rings is 4. The van der Waals surface area contributed by atoms with Crippen LogP contribution in [0.15, 0.2) is 102 Å². The van der Waals surface area contributed by atoms with Crippen molar-refractivity contribution in [2.45, 2.75) is 32.7 Å². The molecule has 0 radical (unpaired) electrons. The molecule has 0 amide bonds. The smallest absolute Gasteiger partial charge is 0.165 e. The highest BCUT2D eigenvalue weighted by Crippen LogP contribution is 2.26. The van der Waals surface area contributed by atoms with Crippen LogP contribution in [0.3, 0.4) is 0 Å². The zero-order valence-electron chi connectivity index (χ0n) is 22.4. The summed E-state index contributed by atoms with van der Waals surface area (Å²) in [7, 11) is 3.39. The average Bonchev–Trinajstić information content (AvgIpc) is 2.94. The van der Waals surface area contributed by atoms with Gasteiger partial charge in [-0.05, 0) is 78.1 Å². The predicted octanol–water partition coefficient (Wildman–Crippen LogP) is 8.52. The van der Waals surface area contributed by atoms with Crippen molar-refractivity contribution < 1.29 is 9.47 Å². The van der Waals surface area contributed by atoms with E-state index in [2.05, 4.69) is 91.5 Å². The molecule has 0 saturated heterocycles. The molecule has 4 rings (SSSR count). The molecular weight excluding hydrogens is 556 g/mol. The van der Waals surface area contributed by atoms with Gasteiger partial charge in [-0.15, -0.1) is 17.0 Å². The predicted molar refractivity (Wildman–Crippen MR) is 166 cm³/mol. The van der Waals surface area contributed by atoms with Crippen LogP contribution in [0.5, 0.6) is 11.5 Å². The highest BCUT2D eigenvalue weighted by atomic mass is 79.9. The van der Waals surface area contributed by atoms with Gasteiger partial charge in [-0.3, -0.25) is 0 Å². The van der Waals surface area contributed by atoms with Crippen molar-refractivity contribution in [1.29, 1.82) is 0 Å². The average molecular weight is 592 g/mol. The summed E-state index contributed by atoms with van der Waals surface area (Å²) in [5.41, 5.74) is 7.14. The largest absolute Gasteiger partial charge is 0.497 e. The zero-order chi connectivity index (χ0) is 26.0. The lowest BCUT2D eigenvalue weighted by Crippen LogP contribution is -2.28. The maximum Gasteiger partial charge on any atom is 0.165 e. The Morgan fingerprint density at radius 1 is 0.684 bits per heavy atom. The van der Waals surface area contributed by atoms with Gasteiger partial charge in [0.25, 0.3) is 0 Å². The molecule has 0 atom stereocenters. The standard InChI is InChI=1S/C32H34N2O2S.BrH/c1-24-10-15-29(20-25(24)2)33-32(37-23-28-8-6-5-7-9-28)34(21-26-11-16-30(35-3)17-12-26)22-27-13-18-31(36-4)19-14-27;/h5-20H,21-23H2,1-4H3;1H. The third kappa shape index (κ3) is 8.40. The van der Waals surface area contributed by atoms with E-state index in [1.807, 2.05) is 24.3 Å². The fraction of sp³-hybridized carbons (Fsp3) is 0.219. The van der Waals surface area contributed by atoms with Crippen LogP contribution in [0.1, 0.15) is 27.8 Å². The van der Waals surface area contributed by atoms with Crippen molar-refractivity contribution in [2.24, 2.45) is 4.99 Å². The SMILES string of the molecule is Br.COc1ccc(CN(Cc2ccc(OC)cc2)C(=Nc2ccc(C)c(C)c2)SCc2ccccc2)cc1. The number of thioether (sulfide) groups is 1. The van der Waals surface area contributed by atoms with E-state index < -0.39 is 0 Å². The summed E-state index contributed by atoms with van der Waals surface area (Å²) in [5, 5.41) is 0.985. The second kappa shape index (κ2) is 14.6. The highest BCUT2D eigenvalue weighted by Gasteiger charge is 2.16. The molecule has 0 aliphatic heterocycles. The number of hydrogen-bond acceptors (Lipinski definition) is 4. The topological polar surface area (TPSA) is 34.1 Å². The summed E-state index contributed by atoms with van der Waals surface area (Å²) in [5.74, 6) is 2.55. The summed E-state index contributed by atoms with van der Waals surface area (Å²) in [4.78, 5) is 7.55. The molecule has 38 heavy (non-hydrogen) atoms. The Morgan fingerprint density at radius 2 is 1.24 bits per heavy atom. The van der Waals surface area contributed by atoms with Gasteiger partial charge < -0.3 is 14.4 Å². The maximum atomic E-state index is 5.37. The molecule has 4 aromatic rings. The third-order valence-corrected chi connectivity index (χ3v) is 7.35. The van der Waals surface area contributed by atoms with Gasteiger partial charge >= 0.3 is 0 Å². The first kappa shape index (κ1) is 29.3. The zero-order valence-corrected chi connectivity index (χ0v) is 24.9. The van der Waals surface area contributed by atoms with Gasteiger partial charge in [-0.25, -0.2) is 4.99 Å². The lowest BCUT2D eigenvalue weighted by Gasteiger charge is -2.26. The summed E-state index contributed by atoms with van der Waals surface area (Å²) < 4.78 is 10.7. The minimum Gasteiger partial charge on any atom is -0.497 e. The number of nitrogens with zero attached hydrogens (tertiary/aromatic N) is 2. The van der Waals surface area contributed by atoms with Crippen molar-refractivity contribution >= 4 is 39.6 Å². The van der Waals surface area contributed by atoms with Crippen molar-refractivity contribution in [3.8, 4) is 11.5 Å². The van der Waals surface area contributed by atoms with Gasteiger partial charge in [0.05, 0.1) is 19.9 Å². The lowest BCUT2D eigenvalue weighted by molar-refractivity contribution is 0.405. The van der Waals surface area contributed by atoms with E-state index in [1.54, 1.807) is 26.0 Å². The fourth-order valence-electron chi connectivity index (χ4n) is 3.92. The Balaban J connectivity index is 0.00000400. The summed E-state index contributed by atoms with van der Waals surface area (Å²) in [6.45, 7) is 5.72. The highest BCUT2D eigenvalue weighted by molar-refractivity contribution is 8.93. The lowest BCUT2D eigenvalue weighted by atomic mass is 10.1. The summed E-state index contributed by atoms with van der Waals surface area (Å²) in [6.07, 6.45) is 0. The fourth-order valence-corrected chi connectivity index (χ4v) is 4.89. The Labute approximate surface area is 241 Å². The molecule has 0 N–H and O–H groups in total. The van der Waals surface area contributed by atoms with Gasteiger partial charge in [-0.1, -0.05) is 72.4 Å². The number of ether oxygens (including phenoxy) is 2. The van der Waals surface area contributed by atoms with Crippen molar-refractivity contribution in [3.63, 3.8) is 0 Å². The minimum absolute atomic E-state index is 0. The van der Waals surface area contributed by atoms with E-state index >= 15 is 0 Å². The van der Waals surface area contributed by atoms with E-state index in [4.69, 9.17) is 14.5 Å². The van der Waals surface area contributed by atoms with Crippen LogP contribution in [0, 0.1) is 13.8 Å². The molecule has 0 spiro atoms. The maximum absolute atomic E-state index is 5.37. The molecule has 6 heteroatoms. The molecule has 0 aliphatic carbocycles. The molecule has 198 valence electrons. The Kier molecular flexibility index (Phi) is 11.3. The molecule has 4 nitrogen and oxygen atoms in total. The summed E-state index contributed by atoms with van der Waals surface area (Å²) in [6, 6.07) is 33.5. The molecule has 0 heterocycles. The van der Waals surface area contributed by atoms with E-state index in [-0.39, 0.29) is 17.0 Å². The van der Waals surface area contributed by atoms with E-state index in [9.17, 15) is 0 Å². The van der Waals surface area contributed by atoms with Crippen molar-refractivity contribution in [3.05, 3.63) is 125 Å². The summed E-state index contributed by atoms with van der Waals surface area (Å²) >= 11 is 1.77. The van der Waals surface area contributed by atoms with Crippen LogP contribution in [-0.2, 0) is 18.8 Å². The van der Waals surface area contributed by atoms with E-state index in [0.29, 0.717) is 0 Å². The number of aryl methyl sites for hydroxylation is 2. The quantitative estimate of drug-likeness (QED) is 0.144. The molecule has 4 aromatic carbocycles. The Hall–Kier alpha value is -3.22. The van der Waals surface area contributed by atoms with Gasteiger partial charge in [-0.2, -0.15) is 0 Å².